The molecule has 102 valence electrons. The first-order valence-corrected chi connectivity index (χ1v) is 7.21. The molecule has 0 aliphatic heterocycles. The monoisotopic (exact) mass is 261 g/mol. The van der Waals surface area contributed by atoms with E-state index in [0.29, 0.717) is 23.8 Å². The number of anilines is 1. The fraction of sp³-hybridized carbons (Fsp3) is 0.769. The van der Waals surface area contributed by atoms with Crippen LogP contribution >= 0.6 is 0 Å². The van der Waals surface area contributed by atoms with Crippen LogP contribution in [-0.2, 0) is 0 Å². The second-order valence-electron chi connectivity index (χ2n) is 6.38. The number of hydrogen-bond acceptors (Lipinski definition) is 3. The van der Waals surface area contributed by atoms with E-state index in [-0.39, 0.29) is 6.03 Å². The maximum absolute atomic E-state index is 12.0. The van der Waals surface area contributed by atoms with Gasteiger partial charge in [0.15, 0.2) is 0 Å². The molecule has 4 bridgehead atoms. The van der Waals surface area contributed by atoms with Crippen LogP contribution in [0.3, 0.4) is 0 Å². The minimum absolute atomic E-state index is 0.169. The zero-order valence-electron chi connectivity index (χ0n) is 10.8. The minimum Gasteiger partial charge on any atom is -0.335 e. The lowest BCUT2D eigenvalue weighted by atomic mass is 9.54. The van der Waals surface area contributed by atoms with Crippen LogP contribution in [0.5, 0.6) is 0 Å². The fourth-order valence-electron chi connectivity index (χ4n) is 4.72. The second kappa shape index (κ2) is 4.21. The first-order valence-electron chi connectivity index (χ1n) is 7.21. The number of nitrogens with one attached hydrogen (secondary N) is 3. The van der Waals surface area contributed by atoms with E-state index in [4.69, 9.17) is 0 Å². The van der Waals surface area contributed by atoms with Crippen molar-refractivity contribution < 1.29 is 4.79 Å². The van der Waals surface area contributed by atoms with E-state index in [9.17, 15) is 4.79 Å². The Morgan fingerprint density at radius 3 is 2.42 bits per heavy atom. The molecule has 0 aromatic carbocycles. The van der Waals surface area contributed by atoms with E-state index in [1.165, 1.54) is 38.4 Å². The van der Waals surface area contributed by atoms with Crippen molar-refractivity contribution in [3.05, 3.63) is 6.33 Å². The van der Waals surface area contributed by atoms with Crippen LogP contribution in [-0.4, -0.2) is 27.3 Å². The molecule has 0 unspecified atom stereocenters. The predicted molar refractivity (Wildman–Crippen MR) is 69.4 cm³/mol. The van der Waals surface area contributed by atoms with Crippen LogP contribution in [0.15, 0.2) is 6.33 Å². The molecule has 1 aromatic heterocycles. The smallest absolute Gasteiger partial charge is 0.321 e. The van der Waals surface area contributed by atoms with Crippen LogP contribution < -0.4 is 10.6 Å². The molecule has 4 saturated carbocycles. The largest absolute Gasteiger partial charge is 0.335 e. The van der Waals surface area contributed by atoms with Gasteiger partial charge in [-0.1, -0.05) is 0 Å². The topological polar surface area (TPSA) is 82.7 Å². The highest BCUT2D eigenvalue weighted by Gasteiger charge is 2.48. The summed E-state index contributed by atoms with van der Waals surface area (Å²) in [6, 6.07) is 0.184. The van der Waals surface area contributed by atoms with Gasteiger partial charge in [-0.15, -0.1) is 5.10 Å². The van der Waals surface area contributed by atoms with E-state index in [2.05, 4.69) is 25.8 Å². The molecule has 0 spiro atoms. The van der Waals surface area contributed by atoms with Crippen LogP contribution in [0.2, 0.25) is 0 Å². The molecule has 6 nitrogen and oxygen atoms in total. The summed E-state index contributed by atoms with van der Waals surface area (Å²) in [7, 11) is 0. The Morgan fingerprint density at radius 1 is 1.16 bits per heavy atom. The number of aromatic nitrogens is 3. The normalized spacial score (nSPS) is 39.3. The van der Waals surface area contributed by atoms with Crippen LogP contribution in [0, 0.1) is 23.7 Å². The molecule has 19 heavy (non-hydrogen) atoms. The molecule has 4 aliphatic rings. The average Bonchev–Trinajstić information content (AvgIpc) is 2.85. The number of hydrogen-bond donors (Lipinski definition) is 3. The van der Waals surface area contributed by atoms with Crippen molar-refractivity contribution >= 4 is 12.0 Å². The van der Waals surface area contributed by atoms with Gasteiger partial charge in [0.2, 0.25) is 5.95 Å². The molecule has 6 heteroatoms. The third-order valence-corrected chi connectivity index (χ3v) is 5.16. The van der Waals surface area contributed by atoms with Gasteiger partial charge < -0.3 is 5.32 Å². The number of nitrogens with zero attached hydrogens (tertiary/aromatic N) is 2. The van der Waals surface area contributed by atoms with Gasteiger partial charge in [0, 0.05) is 6.04 Å². The summed E-state index contributed by atoms with van der Waals surface area (Å²) in [6.45, 7) is 0. The zero-order chi connectivity index (χ0) is 12.8. The molecule has 0 radical (unpaired) electrons. The van der Waals surface area contributed by atoms with Crippen molar-refractivity contribution in [2.24, 2.45) is 23.7 Å². The van der Waals surface area contributed by atoms with Crippen LogP contribution in [0.25, 0.3) is 0 Å². The first-order chi connectivity index (χ1) is 9.28. The van der Waals surface area contributed by atoms with E-state index >= 15 is 0 Å². The van der Waals surface area contributed by atoms with E-state index in [0.717, 1.165) is 11.8 Å². The van der Waals surface area contributed by atoms with Crippen molar-refractivity contribution in [1.29, 1.82) is 0 Å². The Bertz CT molecular complexity index is 443. The quantitative estimate of drug-likeness (QED) is 0.758. The Kier molecular flexibility index (Phi) is 2.50. The molecule has 3 N–H and O–H groups in total. The molecule has 1 heterocycles. The van der Waals surface area contributed by atoms with Crippen molar-refractivity contribution in [1.82, 2.24) is 20.5 Å². The van der Waals surface area contributed by atoms with Crippen molar-refractivity contribution in [2.75, 3.05) is 5.32 Å². The van der Waals surface area contributed by atoms with Gasteiger partial charge >= 0.3 is 6.03 Å². The molecule has 1 aromatic rings. The fourth-order valence-corrected chi connectivity index (χ4v) is 4.72. The molecular formula is C13H19N5O. The molecule has 4 aliphatic carbocycles. The standard InChI is InChI=1S/C13H19N5O/c19-13(17-12-14-6-15-18-12)16-11-9-2-7-1-8(4-9)5-10(11)3-7/h6-11H,1-5H2,(H3,14,15,16,17,18,19). The minimum atomic E-state index is -0.169. The lowest BCUT2D eigenvalue weighted by Crippen LogP contribution is -2.56. The van der Waals surface area contributed by atoms with Crippen LogP contribution in [0.1, 0.15) is 32.1 Å². The highest BCUT2D eigenvalue weighted by Crippen LogP contribution is 2.53. The SMILES string of the molecule is O=C(Nc1nc[nH]n1)NC1C2CC3CC(C2)CC1C3. The van der Waals surface area contributed by atoms with Gasteiger partial charge in [-0.3, -0.25) is 10.4 Å². The molecule has 5 rings (SSSR count). The number of urea groups is 1. The van der Waals surface area contributed by atoms with E-state index in [1.807, 2.05) is 0 Å². The van der Waals surface area contributed by atoms with Gasteiger partial charge in [-0.05, 0) is 55.8 Å². The summed E-state index contributed by atoms with van der Waals surface area (Å²) < 4.78 is 0. The Morgan fingerprint density at radius 2 is 1.84 bits per heavy atom. The molecule has 4 fully saturated rings. The van der Waals surface area contributed by atoms with Crippen molar-refractivity contribution in [2.45, 2.75) is 38.1 Å². The number of carbonyl (C=O) groups is 1. The number of H-pyrrole nitrogens is 1. The second-order valence-corrected chi connectivity index (χ2v) is 6.38. The summed E-state index contributed by atoms with van der Waals surface area (Å²) in [5, 5.41) is 12.3. The summed E-state index contributed by atoms with van der Waals surface area (Å²) in [5.74, 6) is 3.57. The first kappa shape index (κ1) is 11.3. The van der Waals surface area contributed by atoms with Gasteiger partial charge in [0.25, 0.3) is 0 Å². The number of rotatable bonds is 2. The number of aromatic amines is 1. The van der Waals surface area contributed by atoms with Crippen molar-refractivity contribution in [3.8, 4) is 0 Å². The third kappa shape index (κ3) is 1.99. The van der Waals surface area contributed by atoms with E-state index in [1.54, 1.807) is 0 Å². The molecular weight excluding hydrogens is 242 g/mol. The summed E-state index contributed by atoms with van der Waals surface area (Å²) in [4.78, 5) is 15.9. The lowest BCUT2D eigenvalue weighted by Gasteiger charge is -2.54. The van der Waals surface area contributed by atoms with Gasteiger partial charge in [-0.2, -0.15) is 0 Å². The van der Waals surface area contributed by atoms with Gasteiger partial charge in [0.1, 0.15) is 6.33 Å². The number of carbonyl (C=O) groups excluding carboxylic acids is 1. The molecule has 2 amide bonds. The lowest BCUT2D eigenvalue weighted by molar-refractivity contribution is -0.00884. The molecule has 0 saturated heterocycles. The molecule has 0 atom stereocenters. The number of amides is 2. The summed E-state index contributed by atoms with van der Waals surface area (Å²) in [6.07, 6.45) is 8.11. The Balaban J connectivity index is 1.41. The predicted octanol–water partition coefficient (Wildman–Crippen LogP) is 1.75. The van der Waals surface area contributed by atoms with Crippen LogP contribution in [0.4, 0.5) is 10.7 Å². The maximum atomic E-state index is 12.0. The summed E-state index contributed by atoms with van der Waals surface area (Å²) in [5.41, 5.74) is 0. The third-order valence-electron chi connectivity index (χ3n) is 5.16. The van der Waals surface area contributed by atoms with Gasteiger partial charge in [-0.25, -0.2) is 9.78 Å². The Labute approximate surface area is 111 Å². The van der Waals surface area contributed by atoms with E-state index < -0.39 is 0 Å². The zero-order valence-corrected chi connectivity index (χ0v) is 10.8. The van der Waals surface area contributed by atoms with Crippen molar-refractivity contribution in [3.63, 3.8) is 0 Å². The maximum Gasteiger partial charge on any atom is 0.321 e. The highest BCUT2D eigenvalue weighted by atomic mass is 16.2. The highest BCUT2D eigenvalue weighted by molar-refractivity contribution is 5.87. The summed E-state index contributed by atoms with van der Waals surface area (Å²) >= 11 is 0. The average molecular weight is 261 g/mol. The Hall–Kier alpha value is -1.59. The van der Waals surface area contributed by atoms with Gasteiger partial charge in [0.05, 0.1) is 0 Å².